The van der Waals surface area contributed by atoms with Crippen LogP contribution in [0.4, 0.5) is 21.6 Å². The van der Waals surface area contributed by atoms with Crippen molar-refractivity contribution in [3.63, 3.8) is 0 Å². The predicted molar refractivity (Wildman–Crippen MR) is 96.7 cm³/mol. The number of nitrogens with one attached hydrogen (secondary N) is 2. The molecule has 2 heterocycles. The van der Waals surface area contributed by atoms with Gasteiger partial charge in [0.25, 0.3) is 0 Å². The van der Waals surface area contributed by atoms with E-state index in [1.165, 1.54) is 12.4 Å². The molecule has 0 amide bonds. The Morgan fingerprint density at radius 3 is 2.52 bits per heavy atom. The van der Waals surface area contributed by atoms with Crippen molar-refractivity contribution in [2.75, 3.05) is 23.8 Å². The number of fused-ring (bicyclic) bond motifs is 1. The Bertz CT molecular complexity index is 863. The van der Waals surface area contributed by atoms with E-state index in [4.69, 9.17) is 4.74 Å². The van der Waals surface area contributed by atoms with Gasteiger partial charge in [0.15, 0.2) is 0 Å². The predicted octanol–water partition coefficient (Wildman–Crippen LogP) is 4.10. The highest BCUT2D eigenvalue weighted by Gasteiger charge is 2.13. The Morgan fingerprint density at radius 2 is 1.72 bits per heavy atom. The molecule has 4 rings (SSSR count). The third-order valence-electron chi connectivity index (χ3n) is 4.36. The number of hydrogen-bond donors (Lipinski definition) is 2. The molecule has 2 aromatic carbocycles. The molecule has 5 nitrogen and oxygen atoms in total. The average Bonchev–Trinajstić information content (AvgIpc) is 2.65. The van der Waals surface area contributed by atoms with Gasteiger partial charge in [-0.25, -0.2) is 14.4 Å². The molecular weight excluding hydrogens is 319 g/mol. The van der Waals surface area contributed by atoms with Crippen molar-refractivity contribution in [1.29, 1.82) is 0 Å². The molecule has 0 unspecified atom stereocenters. The summed E-state index contributed by atoms with van der Waals surface area (Å²) >= 11 is 0. The van der Waals surface area contributed by atoms with E-state index >= 15 is 0 Å². The lowest BCUT2D eigenvalue weighted by molar-refractivity contribution is 0.0904. The Kier molecular flexibility index (Phi) is 4.43. The maximum atomic E-state index is 13.8. The van der Waals surface area contributed by atoms with Crippen molar-refractivity contribution in [1.82, 2.24) is 9.97 Å². The highest BCUT2D eigenvalue weighted by molar-refractivity contribution is 5.90. The van der Waals surface area contributed by atoms with Gasteiger partial charge < -0.3 is 15.4 Å². The number of halogens is 1. The molecule has 1 fully saturated rings. The van der Waals surface area contributed by atoms with Gasteiger partial charge in [-0.1, -0.05) is 6.07 Å². The molecule has 0 radical (unpaired) electrons. The van der Waals surface area contributed by atoms with Gasteiger partial charge in [0, 0.05) is 36.0 Å². The van der Waals surface area contributed by atoms with Gasteiger partial charge in [0.05, 0.1) is 0 Å². The minimum absolute atomic E-state index is 0.317. The number of ether oxygens (including phenoxy) is 1. The lowest BCUT2D eigenvalue weighted by atomic mass is 10.1. The zero-order valence-corrected chi connectivity index (χ0v) is 13.7. The summed E-state index contributed by atoms with van der Waals surface area (Å²) in [5.74, 6) is 0.244. The monoisotopic (exact) mass is 338 g/mol. The third-order valence-corrected chi connectivity index (χ3v) is 4.36. The van der Waals surface area contributed by atoms with Crippen LogP contribution in [0.1, 0.15) is 12.8 Å². The van der Waals surface area contributed by atoms with Crippen LogP contribution in [0.15, 0.2) is 48.8 Å². The van der Waals surface area contributed by atoms with E-state index in [0.29, 0.717) is 22.8 Å². The van der Waals surface area contributed by atoms with Gasteiger partial charge in [-0.15, -0.1) is 0 Å². The first-order valence-electron chi connectivity index (χ1n) is 8.40. The first kappa shape index (κ1) is 15.8. The maximum Gasteiger partial charge on any atom is 0.149 e. The van der Waals surface area contributed by atoms with E-state index in [0.717, 1.165) is 37.4 Å². The van der Waals surface area contributed by atoms with Crippen molar-refractivity contribution in [3.8, 4) is 0 Å². The number of aromatic nitrogens is 2. The van der Waals surface area contributed by atoms with Gasteiger partial charge in [0.1, 0.15) is 23.5 Å². The molecule has 1 aromatic heterocycles. The largest absolute Gasteiger partial charge is 0.382 e. The smallest absolute Gasteiger partial charge is 0.149 e. The fraction of sp³-hybridized carbons (Fsp3) is 0.263. The zero-order valence-electron chi connectivity index (χ0n) is 13.7. The molecule has 1 aliphatic rings. The zero-order chi connectivity index (χ0) is 17.1. The van der Waals surface area contributed by atoms with E-state index in [9.17, 15) is 4.39 Å². The lowest BCUT2D eigenvalue weighted by Gasteiger charge is -2.24. The SMILES string of the molecule is Fc1cccc2c(Nc3ccc(NC4CCOCC4)cc3)ncnc12. The molecule has 1 aliphatic heterocycles. The minimum Gasteiger partial charge on any atom is -0.382 e. The minimum atomic E-state index is -0.348. The van der Waals surface area contributed by atoms with Crippen LogP contribution in [0.25, 0.3) is 10.9 Å². The lowest BCUT2D eigenvalue weighted by Crippen LogP contribution is -2.27. The second-order valence-electron chi connectivity index (χ2n) is 6.09. The Morgan fingerprint density at radius 1 is 0.960 bits per heavy atom. The summed E-state index contributed by atoms with van der Waals surface area (Å²) in [6.45, 7) is 1.63. The van der Waals surface area contributed by atoms with Gasteiger partial charge in [-0.2, -0.15) is 0 Å². The van der Waals surface area contributed by atoms with Gasteiger partial charge in [-0.3, -0.25) is 0 Å². The fourth-order valence-corrected chi connectivity index (χ4v) is 3.02. The van der Waals surface area contributed by atoms with Gasteiger partial charge in [-0.05, 0) is 49.2 Å². The van der Waals surface area contributed by atoms with Gasteiger partial charge >= 0.3 is 0 Å². The Labute approximate surface area is 145 Å². The topological polar surface area (TPSA) is 59.1 Å². The van der Waals surface area contributed by atoms with Crippen molar-refractivity contribution in [3.05, 3.63) is 54.6 Å². The van der Waals surface area contributed by atoms with Crippen LogP contribution in [-0.2, 0) is 4.74 Å². The van der Waals surface area contributed by atoms with Crippen LogP contribution in [0, 0.1) is 5.82 Å². The summed E-state index contributed by atoms with van der Waals surface area (Å²) in [6, 6.07) is 13.3. The first-order valence-corrected chi connectivity index (χ1v) is 8.40. The van der Waals surface area contributed by atoms with Crippen LogP contribution in [0.2, 0.25) is 0 Å². The van der Waals surface area contributed by atoms with Crippen LogP contribution >= 0.6 is 0 Å². The summed E-state index contributed by atoms with van der Waals surface area (Å²) in [4.78, 5) is 8.26. The molecule has 0 aliphatic carbocycles. The number of para-hydroxylation sites is 1. The highest BCUT2D eigenvalue weighted by atomic mass is 19.1. The van der Waals surface area contributed by atoms with Crippen LogP contribution < -0.4 is 10.6 Å². The Hall–Kier alpha value is -2.73. The molecular formula is C19H19FN4O. The average molecular weight is 338 g/mol. The summed E-state index contributed by atoms with van der Waals surface area (Å²) in [5.41, 5.74) is 2.29. The molecule has 128 valence electrons. The number of nitrogens with zero attached hydrogens (tertiary/aromatic N) is 2. The molecule has 3 aromatic rings. The van der Waals surface area contributed by atoms with Crippen LogP contribution in [0.5, 0.6) is 0 Å². The molecule has 0 saturated carbocycles. The van der Waals surface area contributed by atoms with E-state index < -0.39 is 0 Å². The van der Waals surface area contributed by atoms with Crippen molar-refractivity contribution in [2.45, 2.75) is 18.9 Å². The number of hydrogen-bond acceptors (Lipinski definition) is 5. The van der Waals surface area contributed by atoms with E-state index in [1.807, 2.05) is 30.3 Å². The molecule has 25 heavy (non-hydrogen) atoms. The third kappa shape index (κ3) is 3.53. The maximum absolute atomic E-state index is 13.8. The molecule has 0 spiro atoms. The van der Waals surface area contributed by atoms with E-state index in [2.05, 4.69) is 20.6 Å². The molecule has 0 bridgehead atoms. The van der Waals surface area contributed by atoms with E-state index in [1.54, 1.807) is 6.07 Å². The normalized spacial score (nSPS) is 15.2. The Balaban J connectivity index is 1.51. The number of anilines is 3. The molecule has 0 atom stereocenters. The second-order valence-corrected chi connectivity index (χ2v) is 6.09. The van der Waals surface area contributed by atoms with Crippen LogP contribution in [0.3, 0.4) is 0 Å². The molecule has 6 heteroatoms. The highest BCUT2D eigenvalue weighted by Crippen LogP contribution is 2.25. The van der Waals surface area contributed by atoms with Crippen molar-refractivity contribution in [2.24, 2.45) is 0 Å². The molecule has 1 saturated heterocycles. The number of benzene rings is 2. The standard InChI is InChI=1S/C19H19FN4O/c20-17-3-1-2-16-18(17)21-12-22-19(16)24-14-6-4-13(5-7-14)23-15-8-10-25-11-9-15/h1-7,12,15,23H,8-11H2,(H,21,22,24). The van der Waals surface area contributed by atoms with Crippen molar-refractivity contribution < 1.29 is 9.13 Å². The summed E-state index contributed by atoms with van der Waals surface area (Å²) < 4.78 is 19.2. The number of rotatable bonds is 4. The van der Waals surface area contributed by atoms with E-state index in [-0.39, 0.29) is 5.82 Å². The van der Waals surface area contributed by atoms with Gasteiger partial charge in [0.2, 0.25) is 0 Å². The van der Waals surface area contributed by atoms with Crippen molar-refractivity contribution >= 4 is 28.1 Å². The summed E-state index contributed by atoms with van der Waals surface area (Å²) in [5, 5.41) is 7.42. The summed E-state index contributed by atoms with van der Waals surface area (Å²) in [6.07, 6.45) is 3.42. The summed E-state index contributed by atoms with van der Waals surface area (Å²) in [7, 11) is 0. The molecule has 2 N–H and O–H groups in total. The fourth-order valence-electron chi connectivity index (χ4n) is 3.02. The quantitative estimate of drug-likeness (QED) is 0.750. The van der Waals surface area contributed by atoms with Crippen LogP contribution in [-0.4, -0.2) is 29.2 Å². The first-order chi connectivity index (χ1) is 12.3. The second kappa shape index (κ2) is 7.03.